The van der Waals surface area contributed by atoms with E-state index in [2.05, 4.69) is 9.82 Å². The quantitative estimate of drug-likeness (QED) is 0.854. The first-order valence-corrected chi connectivity index (χ1v) is 7.50. The molecule has 6 nitrogen and oxygen atoms in total. The first-order chi connectivity index (χ1) is 9.78. The molecule has 3 N–H and O–H groups in total. The smallest absolute Gasteiger partial charge is 0.245 e. The van der Waals surface area contributed by atoms with Crippen LogP contribution in [0.5, 0.6) is 0 Å². The van der Waals surface area contributed by atoms with Crippen LogP contribution in [0.1, 0.15) is 5.56 Å². The van der Waals surface area contributed by atoms with Gasteiger partial charge in [0.15, 0.2) is 5.82 Å². The van der Waals surface area contributed by atoms with Crippen LogP contribution in [0.3, 0.4) is 0 Å². The van der Waals surface area contributed by atoms with Crippen molar-refractivity contribution in [1.82, 2.24) is 14.5 Å². The Bertz CT molecular complexity index is 738. The number of nitrogens with zero attached hydrogens (tertiary/aromatic N) is 2. The van der Waals surface area contributed by atoms with Gasteiger partial charge < -0.3 is 5.73 Å². The fraction of sp³-hybridized carbons (Fsp3) is 0.250. The molecule has 0 unspecified atom stereocenters. The fourth-order valence-corrected chi connectivity index (χ4v) is 2.99. The van der Waals surface area contributed by atoms with Crippen molar-refractivity contribution in [2.45, 2.75) is 11.3 Å². The van der Waals surface area contributed by atoms with Crippen molar-refractivity contribution in [2.75, 3.05) is 12.3 Å². The van der Waals surface area contributed by atoms with E-state index >= 15 is 0 Å². The summed E-state index contributed by atoms with van der Waals surface area (Å²) in [6.45, 7) is -0.0143. The standard InChI is InChI=1S/C12H14F2N4O2S/c1-18-7-11(12(15)17-18)21(19,20)16-3-2-8-4-9(13)6-10(14)5-8/h4-7,16H,2-3H2,1H3,(H2,15,17). The number of nitrogen functional groups attached to an aromatic ring is 1. The number of hydrogen-bond donors (Lipinski definition) is 2. The maximum Gasteiger partial charge on any atom is 0.245 e. The van der Waals surface area contributed by atoms with Crippen LogP contribution in [0.4, 0.5) is 14.6 Å². The van der Waals surface area contributed by atoms with Gasteiger partial charge >= 0.3 is 0 Å². The highest BCUT2D eigenvalue weighted by molar-refractivity contribution is 7.89. The third kappa shape index (κ3) is 3.76. The van der Waals surface area contributed by atoms with Crippen LogP contribution in [0.15, 0.2) is 29.3 Å². The molecule has 0 radical (unpaired) electrons. The average molecular weight is 316 g/mol. The first kappa shape index (κ1) is 15.4. The summed E-state index contributed by atoms with van der Waals surface area (Å²) in [7, 11) is -2.26. The van der Waals surface area contributed by atoms with Gasteiger partial charge in [0.25, 0.3) is 0 Å². The maximum absolute atomic E-state index is 13.0. The molecule has 0 aliphatic heterocycles. The van der Waals surface area contributed by atoms with Gasteiger partial charge in [0.1, 0.15) is 16.5 Å². The molecule has 2 aromatic rings. The number of nitrogens with two attached hydrogens (primary N) is 1. The second kappa shape index (κ2) is 5.78. The number of aromatic nitrogens is 2. The van der Waals surface area contributed by atoms with Crippen molar-refractivity contribution in [3.8, 4) is 0 Å². The van der Waals surface area contributed by atoms with Gasteiger partial charge in [0, 0.05) is 25.9 Å². The zero-order chi connectivity index (χ0) is 15.6. The Morgan fingerprint density at radius 3 is 2.43 bits per heavy atom. The molecule has 0 fully saturated rings. The van der Waals surface area contributed by atoms with Gasteiger partial charge in [0.05, 0.1) is 0 Å². The SMILES string of the molecule is Cn1cc(S(=O)(=O)NCCc2cc(F)cc(F)c2)c(N)n1. The van der Waals surface area contributed by atoms with Crippen molar-refractivity contribution < 1.29 is 17.2 Å². The number of nitrogens with one attached hydrogen (secondary N) is 1. The molecule has 2 rings (SSSR count). The Balaban J connectivity index is 2.04. The number of hydrogen-bond acceptors (Lipinski definition) is 4. The lowest BCUT2D eigenvalue weighted by molar-refractivity contribution is 0.576. The summed E-state index contributed by atoms with van der Waals surface area (Å²) in [6, 6.07) is 3.05. The van der Waals surface area contributed by atoms with Crippen LogP contribution >= 0.6 is 0 Å². The van der Waals surface area contributed by atoms with Crippen molar-refractivity contribution >= 4 is 15.8 Å². The van der Waals surface area contributed by atoms with E-state index in [1.807, 2.05) is 0 Å². The van der Waals surface area contributed by atoms with E-state index in [0.29, 0.717) is 5.56 Å². The first-order valence-electron chi connectivity index (χ1n) is 6.02. The second-order valence-corrected chi connectivity index (χ2v) is 6.21. The zero-order valence-corrected chi connectivity index (χ0v) is 12.0. The van der Waals surface area contributed by atoms with Gasteiger partial charge in [-0.05, 0) is 24.1 Å². The third-order valence-corrected chi connectivity index (χ3v) is 4.22. The highest BCUT2D eigenvalue weighted by atomic mass is 32.2. The van der Waals surface area contributed by atoms with Gasteiger partial charge in [-0.25, -0.2) is 21.9 Å². The maximum atomic E-state index is 13.0. The fourth-order valence-electron chi connectivity index (χ4n) is 1.85. The monoisotopic (exact) mass is 316 g/mol. The van der Waals surface area contributed by atoms with Gasteiger partial charge in [-0.15, -0.1) is 0 Å². The molecule has 0 saturated heterocycles. The second-order valence-electron chi connectivity index (χ2n) is 4.48. The molecule has 1 heterocycles. The van der Waals surface area contributed by atoms with Gasteiger partial charge in [0.2, 0.25) is 10.0 Å². The topological polar surface area (TPSA) is 90.0 Å². The number of rotatable bonds is 5. The van der Waals surface area contributed by atoms with E-state index in [1.165, 1.54) is 10.9 Å². The summed E-state index contributed by atoms with van der Waals surface area (Å²) >= 11 is 0. The number of sulfonamides is 1. The molecule has 0 bridgehead atoms. The summed E-state index contributed by atoms with van der Waals surface area (Å²) in [5.41, 5.74) is 5.86. The molecule has 0 saturated carbocycles. The Labute approximate surface area is 120 Å². The van der Waals surface area contributed by atoms with E-state index in [9.17, 15) is 17.2 Å². The molecular formula is C12H14F2N4O2S. The van der Waals surface area contributed by atoms with Crippen LogP contribution in [-0.2, 0) is 23.5 Å². The lowest BCUT2D eigenvalue weighted by Crippen LogP contribution is -2.26. The molecule has 0 amide bonds. The van der Waals surface area contributed by atoms with E-state index in [4.69, 9.17) is 5.73 Å². The Kier molecular flexibility index (Phi) is 4.24. The predicted molar refractivity (Wildman–Crippen MR) is 72.9 cm³/mol. The minimum absolute atomic E-state index is 0.0143. The summed E-state index contributed by atoms with van der Waals surface area (Å²) in [4.78, 5) is -0.129. The summed E-state index contributed by atoms with van der Waals surface area (Å²) < 4.78 is 53.6. The van der Waals surface area contributed by atoms with Crippen LogP contribution in [0.25, 0.3) is 0 Å². The van der Waals surface area contributed by atoms with E-state index in [1.54, 1.807) is 7.05 Å². The number of halogens is 2. The normalized spacial score (nSPS) is 11.8. The molecule has 0 aliphatic rings. The Hall–Kier alpha value is -2.00. The molecule has 114 valence electrons. The number of anilines is 1. The summed E-state index contributed by atoms with van der Waals surface area (Å²) in [5.74, 6) is -1.52. The minimum atomic E-state index is -3.81. The van der Waals surface area contributed by atoms with Crippen LogP contribution in [0, 0.1) is 11.6 Å². The van der Waals surface area contributed by atoms with Crippen LogP contribution < -0.4 is 10.5 Å². The molecule has 0 atom stereocenters. The highest BCUT2D eigenvalue weighted by Crippen LogP contribution is 2.15. The van der Waals surface area contributed by atoms with Crippen molar-refractivity contribution in [3.63, 3.8) is 0 Å². The van der Waals surface area contributed by atoms with E-state index in [0.717, 1.165) is 18.2 Å². The summed E-state index contributed by atoms with van der Waals surface area (Å²) in [6.07, 6.45) is 1.42. The third-order valence-electron chi connectivity index (χ3n) is 2.74. The zero-order valence-electron chi connectivity index (χ0n) is 11.2. The highest BCUT2D eigenvalue weighted by Gasteiger charge is 2.20. The lowest BCUT2D eigenvalue weighted by atomic mass is 10.1. The van der Waals surface area contributed by atoms with Gasteiger partial charge in [-0.2, -0.15) is 5.10 Å². The number of aryl methyl sites for hydroxylation is 1. The molecule has 1 aromatic heterocycles. The molecular weight excluding hydrogens is 302 g/mol. The van der Waals surface area contributed by atoms with E-state index in [-0.39, 0.29) is 23.7 Å². The summed E-state index contributed by atoms with van der Waals surface area (Å²) in [5, 5.41) is 3.74. The number of benzene rings is 1. The predicted octanol–water partition coefficient (Wildman–Crippen LogP) is 0.802. The van der Waals surface area contributed by atoms with Crippen molar-refractivity contribution in [1.29, 1.82) is 0 Å². The van der Waals surface area contributed by atoms with Gasteiger partial charge in [-0.3, -0.25) is 4.68 Å². The molecule has 0 spiro atoms. The molecule has 1 aromatic carbocycles. The van der Waals surface area contributed by atoms with Crippen molar-refractivity contribution in [2.24, 2.45) is 7.05 Å². The Morgan fingerprint density at radius 1 is 1.29 bits per heavy atom. The molecule has 9 heteroatoms. The molecule has 21 heavy (non-hydrogen) atoms. The largest absolute Gasteiger partial charge is 0.381 e. The van der Waals surface area contributed by atoms with Crippen LogP contribution in [-0.4, -0.2) is 24.7 Å². The van der Waals surface area contributed by atoms with Crippen molar-refractivity contribution in [3.05, 3.63) is 41.6 Å². The minimum Gasteiger partial charge on any atom is -0.381 e. The lowest BCUT2D eigenvalue weighted by Gasteiger charge is -2.06. The van der Waals surface area contributed by atoms with Gasteiger partial charge in [-0.1, -0.05) is 0 Å². The Morgan fingerprint density at radius 2 is 1.90 bits per heavy atom. The molecule has 0 aliphatic carbocycles. The average Bonchev–Trinajstić information content (AvgIpc) is 2.67. The van der Waals surface area contributed by atoms with Crippen LogP contribution in [0.2, 0.25) is 0 Å². The van der Waals surface area contributed by atoms with E-state index < -0.39 is 21.7 Å².